The van der Waals surface area contributed by atoms with Gasteiger partial charge in [-0.3, -0.25) is 14.2 Å². The van der Waals surface area contributed by atoms with Gasteiger partial charge in [0.25, 0.3) is 11.5 Å². The maximum atomic E-state index is 12.8. The van der Waals surface area contributed by atoms with E-state index >= 15 is 0 Å². The first-order valence-electron chi connectivity index (χ1n) is 7.40. The molecule has 3 heterocycles. The van der Waals surface area contributed by atoms with Crippen LogP contribution in [0.2, 0.25) is 0 Å². The van der Waals surface area contributed by atoms with Crippen LogP contribution in [0.25, 0.3) is 0 Å². The van der Waals surface area contributed by atoms with Crippen LogP contribution in [0.15, 0.2) is 16.9 Å². The Hall–Kier alpha value is -2.90. The summed E-state index contributed by atoms with van der Waals surface area (Å²) in [5, 5.41) is 0. The first kappa shape index (κ1) is 16.0. The number of nitrogens with zero attached hydrogens (tertiary/aromatic N) is 4. The van der Waals surface area contributed by atoms with Gasteiger partial charge in [0.1, 0.15) is 11.4 Å². The van der Waals surface area contributed by atoms with Crippen molar-refractivity contribution in [2.24, 2.45) is 7.05 Å². The molecule has 0 spiro atoms. The van der Waals surface area contributed by atoms with Gasteiger partial charge in [0.2, 0.25) is 11.8 Å². The fourth-order valence-corrected chi connectivity index (χ4v) is 2.70. The van der Waals surface area contributed by atoms with E-state index < -0.39 is 0 Å². The molecule has 1 aliphatic heterocycles. The lowest BCUT2D eigenvalue weighted by atomic mass is 10.2. The second-order valence-electron chi connectivity index (χ2n) is 5.52. The zero-order valence-electron chi connectivity index (χ0n) is 14.0. The molecule has 8 heteroatoms. The first-order chi connectivity index (χ1) is 11.5. The van der Waals surface area contributed by atoms with Crippen molar-refractivity contribution in [3.63, 3.8) is 0 Å². The van der Waals surface area contributed by atoms with E-state index in [4.69, 9.17) is 9.47 Å². The lowest BCUT2D eigenvalue weighted by Crippen LogP contribution is -2.28. The molecular weight excluding hydrogens is 312 g/mol. The Morgan fingerprint density at radius 3 is 2.58 bits per heavy atom. The van der Waals surface area contributed by atoms with Crippen molar-refractivity contribution < 1.29 is 14.3 Å². The zero-order valence-corrected chi connectivity index (χ0v) is 14.0. The predicted molar refractivity (Wildman–Crippen MR) is 85.1 cm³/mol. The summed E-state index contributed by atoms with van der Waals surface area (Å²) >= 11 is 0. The third-order valence-electron chi connectivity index (χ3n) is 4.14. The molecule has 126 valence electrons. The van der Waals surface area contributed by atoms with E-state index in [1.165, 1.54) is 18.8 Å². The van der Waals surface area contributed by atoms with Gasteiger partial charge in [-0.25, -0.2) is 4.98 Å². The topological polar surface area (TPSA) is 86.6 Å². The zero-order chi connectivity index (χ0) is 17.4. The van der Waals surface area contributed by atoms with Crippen LogP contribution in [-0.2, 0) is 20.1 Å². The van der Waals surface area contributed by atoms with E-state index in [1.54, 1.807) is 31.0 Å². The summed E-state index contributed by atoms with van der Waals surface area (Å²) < 4.78 is 11.7. The highest BCUT2D eigenvalue weighted by molar-refractivity contribution is 5.96. The van der Waals surface area contributed by atoms with Crippen LogP contribution in [0.4, 0.5) is 0 Å². The van der Waals surface area contributed by atoms with Crippen LogP contribution in [0.3, 0.4) is 0 Å². The summed E-state index contributed by atoms with van der Waals surface area (Å²) in [5.41, 5.74) is 1.40. The number of hydrogen-bond donors (Lipinski definition) is 0. The minimum Gasteiger partial charge on any atom is -0.481 e. The molecule has 0 bridgehead atoms. The Balaban J connectivity index is 1.93. The van der Waals surface area contributed by atoms with Gasteiger partial charge in [0, 0.05) is 13.1 Å². The van der Waals surface area contributed by atoms with E-state index in [0.717, 1.165) is 0 Å². The van der Waals surface area contributed by atoms with E-state index in [-0.39, 0.29) is 23.9 Å². The molecule has 2 aromatic heterocycles. The summed E-state index contributed by atoms with van der Waals surface area (Å²) in [6, 6.07) is 3.20. The molecule has 0 fully saturated rings. The van der Waals surface area contributed by atoms with Crippen LogP contribution in [0.1, 0.15) is 27.4 Å². The molecule has 0 aromatic carbocycles. The highest BCUT2D eigenvalue weighted by atomic mass is 16.5. The number of amides is 1. The molecule has 0 unspecified atom stereocenters. The maximum Gasteiger partial charge on any atom is 0.260 e. The van der Waals surface area contributed by atoms with Gasteiger partial charge >= 0.3 is 0 Å². The third-order valence-corrected chi connectivity index (χ3v) is 4.14. The van der Waals surface area contributed by atoms with Crippen LogP contribution in [-0.4, -0.2) is 39.6 Å². The molecule has 1 aliphatic rings. The molecule has 8 nitrogen and oxygen atoms in total. The molecule has 0 saturated heterocycles. The molecule has 1 amide bonds. The number of methoxy groups -OCH3 is 2. The van der Waals surface area contributed by atoms with Crippen molar-refractivity contribution in [3.8, 4) is 11.8 Å². The van der Waals surface area contributed by atoms with Crippen molar-refractivity contribution in [1.82, 2.24) is 19.4 Å². The molecule has 3 rings (SSSR count). The van der Waals surface area contributed by atoms with Gasteiger partial charge in [-0.15, -0.1) is 0 Å². The van der Waals surface area contributed by atoms with Gasteiger partial charge in [0.05, 0.1) is 38.6 Å². The molecule has 0 radical (unpaired) electrons. The lowest BCUT2D eigenvalue weighted by Gasteiger charge is -2.16. The fourth-order valence-electron chi connectivity index (χ4n) is 2.70. The quantitative estimate of drug-likeness (QED) is 0.821. The SMILES string of the molecule is COc1ccc(C(=O)N2Cc3nc(C)n(C)c(=O)c3C2)c(OC)n1. The molecule has 0 saturated carbocycles. The van der Waals surface area contributed by atoms with Crippen molar-refractivity contribution in [3.05, 3.63) is 45.1 Å². The maximum absolute atomic E-state index is 12.8. The minimum atomic E-state index is -0.264. The number of rotatable bonds is 3. The number of aromatic nitrogens is 3. The molecule has 2 aromatic rings. The standard InChI is InChI=1S/C16H18N4O4/c1-9-17-12-8-20(7-11(12)15(21)19(9)2)16(22)10-5-6-13(23-3)18-14(10)24-4/h5-6H,7-8H2,1-4H3. The Bertz CT molecular complexity index is 875. The van der Waals surface area contributed by atoms with Crippen LogP contribution >= 0.6 is 0 Å². The van der Waals surface area contributed by atoms with E-state index in [2.05, 4.69) is 9.97 Å². The van der Waals surface area contributed by atoms with Gasteiger partial charge in [-0.05, 0) is 13.0 Å². The number of carbonyl (C=O) groups is 1. The molecule has 24 heavy (non-hydrogen) atoms. The lowest BCUT2D eigenvalue weighted by molar-refractivity contribution is 0.0745. The smallest absolute Gasteiger partial charge is 0.260 e. The van der Waals surface area contributed by atoms with E-state index in [9.17, 15) is 9.59 Å². The second kappa shape index (κ2) is 5.95. The summed E-state index contributed by atoms with van der Waals surface area (Å²) in [6.45, 7) is 2.28. The average Bonchev–Trinajstić information content (AvgIpc) is 3.02. The molecule has 0 aliphatic carbocycles. The van der Waals surface area contributed by atoms with Crippen molar-refractivity contribution in [1.29, 1.82) is 0 Å². The van der Waals surface area contributed by atoms with Gasteiger partial charge in [0.15, 0.2) is 0 Å². The number of fused-ring (bicyclic) bond motifs is 1. The summed E-state index contributed by atoms with van der Waals surface area (Å²) in [7, 11) is 4.61. The normalized spacial score (nSPS) is 12.9. The molecule has 0 N–H and O–H groups in total. The Morgan fingerprint density at radius 2 is 1.92 bits per heavy atom. The minimum absolute atomic E-state index is 0.118. The van der Waals surface area contributed by atoms with E-state index in [1.807, 2.05) is 0 Å². The highest BCUT2D eigenvalue weighted by Crippen LogP contribution is 2.25. The van der Waals surface area contributed by atoms with Gasteiger partial charge < -0.3 is 14.4 Å². The van der Waals surface area contributed by atoms with Crippen LogP contribution in [0.5, 0.6) is 11.8 Å². The fraction of sp³-hybridized carbons (Fsp3) is 0.375. The number of carbonyl (C=O) groups excluding carboxylic acids is 1. The van der Waals surface area contributed by atoms with Crippen molar-refractivity contribution >= 4 is 5.91 Å². The average molecular weight is 330 g/mol. The van der Waals surface area contributed by atoms with Gasteiger partial charge in [-0.2, -0.15) is 4.98 Å². The number of hydrogen-bond acceptors (Lipinski definition) is 6. The Morgan fingerprint density at radius 1 is 1.17 bits per heavy atom. The number of pyridine rings is 1. The second-order valence-corrected chi connectivity index (χ2v) is 5.52. The van der Waals surface area contributed by atoms with Crippen molar-refractivity contribution in [2.45, 2.75) is 20.0 Å². The van der Waals surface area contributed by atoms with E-state index in [0.29, 0.717) is 35.1 Å². The highest BCUT2D eigenvalue weighted by Gasteiger charge is 2.30. The van der Waals surface area contributed by atoms with Crippen molar-refractivity contribution in [2.75, 3.05) is 14.2 Å². The van der Waals surface area contributed by atoms with Crippen LogP contribution < -0.4 is 15.0 Å². The molecule has 0 atom stereocenters. The Kier molecular flexibility index (Phi) is 3.96. The summed E-state index contributed by atoms with van der Waals surface area (Å²) in [6.07, 6.45) is 0. The Labute approximate surface area is 138 Å². The first-order valence-corrected chi connectivity index (χ1v) is 7.40. The number of ether oxygens (including phenoxy) is 2. The number of aryl methyl sites for hydroxylation is 1. The summed E-state index contributed by atoms with van der Waals surface area (Å²) in [4.78, 5) is 35.2. The monoisotopic (exact) mass is 330 g/mol. The third kappa shape index (κ3) is 2.49. The predicted octanol–water partition coefficient (Wildman–Crippen LogP) is 0.657. The van der Waals surface area contributed by atoms with Crippen LogP contribution in [0, 0.1) is 6.92 Å². The summed E-state index contributed by atoms with van der Waals surface area (Å²) in [5.74, 6) is 0.906. The van der Waals surface area contributed by atoms with Gasteiger partial charge in [-0.1, -0.05) is 0 Å². The largest absolute Gasteiger partial charge is 0.481 e. The molecular formula is C16H18N4O4.